The fourth-order valence-electron chi connectivity index (χ4n) is 3.65. The summed E-state index contributed by atoms with van der Waals surface area (Å²) in [4.78, 5) is 44.4. The third-order valence-corrected chi connectivity index (χ3v) is 7.90. The van der Waals surface area contributed by atoms with E-state index in [1.807, 2.05) is 0 Å². The van der Waals surface area contributed by atoms with Gasteiger partial charge in [-0.1, -0.05) is 6.07 Å². The standard InChI is InChI=1S/C17H20N6O7S/c1-17(7-30-16(20)27)11(14(25)26)23-12(24)9(13(23)31(17,28)29)5-10-8(3-2-4-21-10)6-22-15(18)19/h2-5,11,13H,6-7H2,1H3,(H2,20,27)(H,25,26)(H4,18,19,22)/b9-5-/t11-,13+,17-/m0/s1. The summed E-state index contributed by atoms with van der Waals surface area (Å²) in [5.74, 6) is -2.51. The van der Waals surface area contributed by atoms with Crippen LogP contribution in [0.2, 0.25) is 0 Å². The van der Waals surface area contributed by atoms with Crippen LogP contribution in [0.25, 0.3) is 6.08 Å². The second-order valence-electron chi connectivity index (χ2n) is 7.16. The molecule has 3 atom stereocenters. The maximum Gasteiger partial charge on any atom is 0.404 e. The lowest BCUT2D eigenvalue weighted by Crippen LogP contribution is -2.59. The number of sulfone groups is 1. The van der Waals surface area contributed by atoms with Crippen LogP contribution in [0, 0.1) is 0 Å². The summed E-state index contributed by atoms with van der Waals surface area (Å²) in [5.41, 5.74) is 16.2. The first kappa shape index (κ1) is 22.0. The average molecular weight is 452 g/mol. The Morgan fingerprint density at radius 1 is 1.39 bits per heavy atom. The van der Waals surface area contributed by atoms with E-state index in [0.717, 1.165) is 11.8 Å². The first-order valence-electron chi connectivity index (χ1n) is 8.84. The number of nitrogens with zero attached hydrogens (tertiary/aromatic N) is 3. The van der Waals surface area contributed by atoms with Gasteiger partial charge < -0.3 is 31.9 Å². The molecule has 2 amide bonds. The van der Waals surface area contributed by atoms with Crippen molar-refractivity contribution in [2.75, 3.05) is 6.61 Å². The summed E-state index contributed by atoms with van der Waals surface area (Å²) in [7, 11) is -4.33. The van der Waals surface area contributed by atoms with Crippen LogP contribution in [0.15, 0.2) is 28.9 Å². The number of guanidine groups is 1. The number of fused-ring (bicyclic) bond motifs is 1. The number of carboxylic acids is 1. The first-order chi connectivity index (χ1) is 14.4. The van der Waals surface area contributed by atoms with Crippen LogP contribution in [-0.4, -0.2) is 70.1 Å². The van der Waals surface area contributed by atoms with Crippen molar-refractivity contribution in [1.29, 1.82) is 0 Å². The molecule has 0 radical (unpaired) electrons. The molecule has 0 unspecified atom stereocenters. The zero-order valence-electron chi connectivity index (χ0n) is 16.3. The number of nitrogens with two attached hydrogens (primary N) is 3. The second kappa shape index (κ2) is 7.54. The number of hydrogen-bond donors (Lipinski definition) is 4. The van der Waals surface area contributed by atoms with Gasteiger partial charge in [0.2, 0.25) is 0 Å². The fraction of sp³-hybridized carbons (Fsp3) is 0.353. The van der Waals surface area contributed by atoms with E-state index in [1.54, 1.807) is 12.1 Å². The number of hydrogen-bond acceptors (Lipinski definition) is 8. The molecule has 0 spiro atoms. The number of carbonyl (C=O) groups is 3. The number of primary amides is 1. The number of carboxylic acid groups (broad SMARTS) is 1. The van der Waals surface area contributed by atoms with Crippen LogP contribution < -0.4 is 17.2 Å². The third kappa shape index (κ3) is 3.43. The van der Waals surface area contributed by atoms with E-state index >= 15 is 0 Å². The lowest BCUT2D eigenvalue weighted by Gasteiger charge is -2.38. The number of β-lactam (4-membered cyclic amide) rings is 1. The monoisotopic (exact) mass is 452 g/mol. The molecule has 0 bridgehead atoms. The molecule has 0 aliphatic carbocycles. The summed E-state index contributed by atoms with van der Waals surface area (Å²) in [6.45, 7) is 0.305. The molecule has 1 aromatic heterocycles. The predicted octanol–water partition coefficient (Wildman–Crippen LogP) is -1.86. The number of aliphatic carboxylic acids is 1. The van der Waals surface area contributed by atoms with Crippen molar-refractivity contribution < 1.29 is 32.6 Å². The number of aliphatic imine (C=N–C) groups is 1. The van der Waals surface area contributed by atoms with Crippen molar-refractivity contribution in [2.24, 2.45) is 22.2 Å². The van der Waals surface area contributed by atoms with E-state index in [4.69, 9.17) is 17.2 Å². The fourth-order valence-corrected chi connectivity index (χ4v) is 5.92. The summed E-state index contributed by atoms with van der Waals surface area (Å²) < 4.78 is 29.0. The Hall–Kier alpha value is -3.68. The molecule has 7 N–H and O–H groups in total. The predicted molar refractivity (Wildman–Crippen MR) is 107 cm³/mol. The summed E-state index contributed by atoms with van der Waals surface area (Å²) >= 11 is 0. The molecule has 2 aliphatic heterocycles. The lowest BCUT2D eigenvalue weighted by molar-refractivity contribution is -0.153. The normalized spacial score (nSPS) is 27.3. The quantitative estimate of drug-likeness (QED) is 0.163. The van der Waals surface area contributed by atoms with Gasteiger partial charge in [-0.3, -0.25) is 9.78 Å². The largest absolute Gasteiger partial charge is 0.480 e. The first-order valence-corrected chi connectivity index (χ1v) is 10.4. The van der Waals surface area contributed by atoms with Gasteiger partial charge in [0.15, 0.2) is 27.2 Å². The molecule has 3 rings (SSSR count). The molecular formula is C17H20N6O7S. The topological polar surface area (TPSA) is 221 Å². The average Bonchev–Trinajstić information content (AvgIpc) is 2.85. The number of amides is 2. The van der Waals surface area contributed by atoms with Gasteiger partial charge in [0.1, 0.15) is 11.4 Å². The van der Waals surface area contributed by atoms with E-state index in [9.17, 15) is 27.9 Å². The number of rotatable bonds is 6. The molecule has 2 aliphatic rings. The van der Waals surface area contributed by atoms with E-state index in [-0.39, 0.29) is 23.8 Å². The third-order valence-electron chi connectivity index (χ3n) is 5.19. The maximum atomic E-state index is 13.2. The Balaban J connectivity index is 2.06. The summed E-state index contributed by atoms with van der Waals surface area (Å²) in [6.07, 6.45) is 1.42. The number of ether oxygens (including phenoxy) is 1. The van der Waals surface area contributed by atoms with Crippen molar-refractivity contribution >= 4 is 39.8 Å². The van der Waals surface area contributed by atoms with Gasteiger partial charge in [0.05, 0.1) is 17.8 Å². The van der Waals surface area contributed by atoms with Gasteiger partial charge in [-0.2, -0.15) is 0 Å². The molecule has 13 nitrogen and oxygen atoms in total. The van der Waals surface area contributed by atoms with Crippen molar-refractivity contribution in [2.45, 2.75) is 29.6 Å². The number of aromatic nitrogens is 1. The van der Waals surface area contributed by atoms with Gasteiger partial charge in [0, 0.05) is 6.20 Å². The van der Waals surface area contributed by atoms with E-state index in [1.165, 1.54) is 12.3 Å². The highest BCUT2D eigenvalue weighted by atomic mass is 32.2. The molecule has 2 saturated heterocycles. The van der Waals surface area contributed by atoms with Gasteiger partial charge in [-0.15, -0.1) is 0 Å². The number of carbonyl (C=O) groups excluding carboxylic acids is 2. The minimum Gasteiger partial charge on any atom is -0.480 e. The molecule has 0 saturated carbocycles. The highest BCUT2D eigenvalue weighted by Crippen LogP contribution is 2.49. The van der Waals surface area contributed by atoms with Gasteiger partial charge >= 0.3 is 12.1 Å². The van der Waals surface area contributed by atoms with E-state index in [2.05, 4.69) is 14.7 Å². The maximum absolute atomic E-state index is 13.2. The highest BCUT2D eigenvalue weighted by Gasteiger charge is 2.72. The van der Waals surface area contributed by atoms with Crippen LogP contribution >= 0.6 is 0 Å². The van der Waals surface area contributed by atoms with Gasteiger partial charge in [0.25, 0.3) is 5.91 Å². The summed E-state index contributed by atoms with van der Waals surface area (Å²) in [6, 6.07) is 1.48. The molecule has 2 fully saturated rings. The van der Waals surface area contributed by atoms with Crippen molar-refractivity contribution in [1.82, 2.24) is 9.88 Å². The smallest absolute Gasteiger partial charge is 0.404 e. The van der Waals surface area contributed by atoms with Crippen LogP contribution in [0.4, 0.5) is 4.79 Å². The van der Waals surface area contributed by atoms with Gasteiger partial charge in [-0.25, -0.2) is 23.0 Å². The molecular weight excluding hydrogens is 432 g/mol. The molecule has 166 valence electrons. The Kier molecular flexibility index (Phi) is 5.35. The molecule has 31 heavy (non-hydrogen) atoms. The van der Waals surface area contributed by atoms with Crippen LogP contribution in [0.3, 0.4) is 0 Å². The van der Waals surface area contributed by atoms with Crippen molar-refractivity contribution in [3.63, 3.8) is 0 Å². The Morgan fingerprint density at radius 3 is 2.65 bits per heavy atom. The minimum absolute atomic E-state index is 0.0343. The Morgan fingerprint density at radius 2 is 2.06 bits per heavy atom. The van der Waals surface area contributed by atoms with Crippen LogP contribution in [0.5, 0.6) is 0 Å². The van der Waals surface area contributed by atoms with E-state index < -0.39 is 50.6 Å². The highest BCUT2D eigenvalue weighted by molar-refractivity contribution is 7.94. The second-order valence-corrected chi connectivity index (χ2v) is 9.63. The van der Waals surface area contributed by atoms with Crippen molar-refractivity contribution in [3.8, 4) is 0 Å². The zero-order valence-corrected chi connectivity index (χ0v) is 17.1. The van der Waals surface area contributed by atoms with Crippen LogP contribution in [0.1, 0.15) is 18.2 Å². The zero-order chi connectivity index (χ0) is 23.1. The van der Waals surface area contributed by atoms with Gasteiger partial charge in [-0.05, 0) is 24.6 Å². The minimum atomic E-state index is -4.33. The van der Waals surface area contributed by atoms with Crippen LogP contribution in [-0.2, 0) is 30.7 Å². The molecule has 3 heterocycles. The SMILES string of the molecule is C[C@]1(COC(N)=O)[C@H](C(=O)O)N2C(=O)/C(=C/c3ncccc3CN=C(N)N)[C@H]2S1(=O)=O. The number of pyridine rings is 1. The Bertz CT molecular complexity index is 1130. The summed E-state index contributed by atoms with van der Waals surface area (Å²) in [5, 5.41) is 8.09. The molecule has 1 aromatic rings. The molecule has 0 aromatic carbocycles. The Labute approximate surface area is 176 Å². The van der Waals surface area contributed by atoms with Crippen molar-refractivity contribution in [3.05, 3.63) is 35.2 Å². The van der Waals surface area contributed by atoms with E-state index in [0.29, 0.717) is 5.56 Å². The molecule has 14 heteroatoms. The lowest BCUT2D eigenvalue weighted by atomic mass is 9.94.